The summed E-state index contributed by atoms with van der Waals surface area (Å²) >= 11 is 0. The largest absolute Gasteiger partial charge is 0.386 e. The van der Waals surface area contributed by atoms with Crippen LogP contribution in [0.25, 0.3) is 0 Å². The predicted octanol–water partition coefficient (Wildman–Crippen LogP) is 1.28. The molecule has 0 spiro atoms. The lowest BCUT2D eigenvalue weighted by molar-refractivity contribution is 0.0786. The smallest absolute Gasteiger partial charge is 0.0840 e. The molecule has 0 aromatic heterocycles. The third kappa shape index (κ3) is 3.01. The zero-order valence-electron chi connectivity index (χ0n) is 8.75. The van der Waals surface area contributed by atoms with Crippen LogP contribution in [0.5, 0.6) is 0 Å². The molecule has 78 valence electrons. The van der Waals surface area contributed by atoms with Gasteiger partial charge in [0.15, 0.2) is 0 Å². The SMILES string of the molecule is CC(C)(O)c1ccc(NCCN)cc1. The molecule has 0 unspecified atom stereocenters. The summed E-state index contributed by atoms with van der Waals surface area (Å²) in [6.07, 6.45) is 0. The van der Waals surface area contributed by atoms with Crippen LogP contribution in [0.4, 0.5) is 5.69 Å². The van der Waals surface area contributed by atoms with E-state index in [2.05, 4.69) is 5.32 Å². The van der Waals surface area contributed by atoms with Crippen LogP contribution < -0.4 is 11.1 Å². The van der Waals surface area contributed by atoms with Crippen LogP contribution in [0.15, 0.2) is 24.3 Å². The summed E-state index contributed by atoms with van der Waals surface area (Å²) < 4.78 is 0. The minimum atomic E-state index is -0.771. The highest BCUT2D eigenvalue weighted by molar-refractivity contribution is 5.45. The molecule has 3 heteroatoms. The number of nitrogens with one attached hydrogen (secondary N) is 1. The Bertz CT molecular complexity index is 274. The van der Waals surface area contributed by atoms with E-state index in [0.717, 1.165) is 17.8 Å². The lowest BCUT2D eigenvalue weighted by Gasteiger charge is -2.18. The number of nitrogens with two attached hydrogens (primary N) is 1. The minimum Gasteiger partial charge on any atom is -0.386 e. The van der Waals surface area contributed by atoms with E-state index in [0.29, 0.717) is 6.54 Å². The highest BCUT2D eigenvalue weighted by Gasteiger charge is 2.14. The zero-order chi connectivity index (χ0) is 10.6. The van der Waals surface area contributed by atoms with Gasteiger partial charge in [-0.15, -0.1) is 0 Å². The Hall–Kier alpha value is -1.06. The van der Waals surface area contributed by atoms with E-state index in [1.54, 1.807) is 13.8 Å². The van der Waals surface area contributed by atoms with Crippen LogP contribution in [0.1, 0.15) is 19.4 Å². The maximum Gasteiger partial charge on any atom is 0.0840 e. The van der Waals surface area contributed by atoms with Gasteiger partial charge in [0.1, 0.15) is 0 Å². The number of aliphatic hydroxyl groups is 1. The second-order valence-corrected chi connectivity index (χ2v) is 3.85. The van der Waals surface area contributed by atoms with Crippen LogP contribution in [0.2, 0.25) is 0 Å². The van der Waals surface area contributed by atoms with Crippen molar-refractivity contribution in [3.05, 3.63) is 29.8 Å². The van der Waals surface area contributed by atoms with Crippen molar-refractivity contribution in [2.45, 2.75) is 19.4 Å². The average Bonchev–Trinajstić information content (AvgIpc) is 2.14. The molecule has 0 bridgehead atoms. The van der Waals surface area contributed by atoms with Crippen LogP contribution in [-0.4, -0.2) is 18.2 Å². The average molecular weight is 194 g/mol. The molecule has 0 atom stereocenters. The van der Waals surface area contributed by atoms with Crippen molar-refractivity contribution in [3.63, 3.8) is 0 Å². The molecular formula is C11H18N2O. The zero-order valence-corrected chi connectivity index (χ0v) is 8.75. The molecule has 0 saturated heterocycles. The molecule has 0 fully saturated rings. The summed E-state index contributed by atoms with van der Waals surface area (Å²) in [5, 5.41) is 12.9. The summed E-state index contributed by atoms with van der Waals surface area (Å²) in [6, 6.07) is 7.73. The molecule has 3 nitrogen and oxygen atoms in total. The van der Waals surface area contributed by atoms with Gasteiger partial charge in [-0.1, -0.05) is 12.1 Å². The molecule has 0 heterocycles. The van der Waals surface area contributed by atoms with E-state index < -0.39 is 5.60 Å². The van der Waals surface area contributed by atoms with Crippen LogP contribution in [0, 0.1) is 0 Å². The Kier molecular flexibility index (Phi) is 3.49. The standard InChI is InChI=1S/C11H18N2O/c1-11(2,14)9-3-5-10(6-4-9)13-8-7-12/h3-6,13-14H,7-8,12H2,1-2H3. The van der Waals surface area contributed by atoms with Crippen LogP contribution in [0.3, 0.4) is 0 Å². The van der Waals surface area contributed by atoms with Crippen molar-refractivity contribution < 1.29 is 5.11 Å². The molecule has 0 aliphatic carbocycles. The van der Waals surface area contributed by atoms with Gasteiger partial charge >= 0.3 is 0 Å². The lowest BCUT2D eigenvalue weighted by Crippen LogP contribution is -2.16. The van der Waals surface area contributed by atoms with Gasteiger partial charge < -0.3 is 16.2 Å². The summed E-state index contributed by atoms with van der Waals surface area (Å²) in [6.45, 7) is 4.93. The number of rotatable bonds is 4. The first-order valence-corrected chi connectivity index (χ1v) is 4.81. The molecule has 0 radical (unpaired) electrons. The lowest BCUT2D eigenvalue weighted by atomic mass is 9.98. The van der Waals surface area contributed by atoms with Crippen molar-refractivity contribution in [1.82, 2.24) is 0 Å². The van der Waals surface area contributed by atoms with Crippen molar-refractivity contribution >= 4 is 5.69 Å². The summed E-state index contributed by atoms with van der Waals surface area (Å²) in [5.74, 6) is 0. The van der Waals surface area contributed by atoms with Crippen LogP contribution >= 0.6 is 0 Å². The van der Waals surface area contributed by atoms with Gasteiger partial charge in [0.2, 0.25) is 0 Å². The number of benzene rings is 1. The van der Waals surface area contributed by atoms with Gasteiger partial charge in [-0.3, -0.25) is 0 Å². The fourth-order valence-electron chi connectivity index (χ4n) is 1.21. The van der Waals surface area contributed by atoms with Crippen molar-refractivity contribution in [2.24, 2.45) is 5.73 Å². The van der Waals surface area contributed by atoms with E-state index in [9.17, 15) is 5.11 Å². The normalized spacial score (nSPS) is 11.4. The fourth-order valence-corrected chi connectivity index (χ4v) is 1.21. The molecule has 0 amide bonds. The van der Waals surface area contributed by atoms with Crippen LogP contribution in [-0.2, 0) is 5.60 Å². The summed E-state index contributed by atoms with van der Waals surface area (Å²) in [5.41, 5.74) is 6.55. The fraction of sp³-hybridized carbons (Fsp3) is 0.455. The third-order valence-corrected chi connectivity index (χ3v) is 2.06. The number of anilines is 1. The van der Waals surface area contributed by atoms with Crippen molar-refractivity contribution in [1.29, 1.82) is 0 Å². The molecule has 1 rings (SSSR count). The quantitative estimate of drug-likeness (QED) is 0.677. The molecule has 0 saturated carbocycles. The topological polar surface area (TPSA) is 58.3 Å². The van der Waals surface area contributed by atoms with Crippen molar-refractivity contribution in [3.8, 4) is 0 Å². The number of hydrogen-bond donors (Lipinski definition) is 3. The van der Waals surface area contributed by atoms with Gasteiger partial charge in [-0.25, -0.2) is 0 Å². The molecule has 0 aliphatic rings. The van der Waals surface area contributed by atoms with Gasteiger partial charge in [-0.05, 0) is 31.5 Å². The summed E-state index contributed by atoms with van der Waals surface area (Å²) in [7, 11) is 0. The van der Waals surface area contributed by atoms with E-state index in [-0.39, 0.29) is 0 Å². The molecule has 0 aliphatic heterocycles. The Morgan fingerprint density at radius 1 is 1.29 bits per heavy atom. The van der Waals surface area contributed by atoms with E-state index in [1.165, 1.54) is 0 Å². The first-order valence-electron chi connectivity index (χ1n) is 4.81. The second-order valence-electron chi connectivity index (χ2n) is 3.85. The maximum absolute atomic E-state index is 9.72. The minimum absolute atomic E-state index is 0.618. The maximum atomic E-state index is 9.72. The predicted molar refractivity (Wildman–Crippen MR) is 59.2 cm³/mol. The second kappa shape index (κ2) is 4.44. The highest BCUT2D eigenvalue weighted by Crippen LogP contribution is 2.20. The molecular weight excluding hydrogens is 176 g/mol. The Morgan fingerprint density at radius 3 is 2.29 bits per heavy atom. The van der Waals surface area contributed by atoms with Gasteiger partial charge in [0.25, 0.3) is 0 Å². The Balaban J connectivity index is 2.69. The monoisotopic (exact) mass is 194 g/mol. The molecule has 4 N–H and O–H groups in total. The van der Waals surface area contributed by atoms with E-state index in [1.807, 2.05) is 24.3 Å². The van der Waals surface area contributed by atoms with Gasteiger partial charge in [0, 0.05) is 18.8 Å². The van der Waals surface area contributed by atoms with Gasteiger partial charge in [-0.2, -0.15) is 0 Å². The highest BCUT2D eigenvalue weighted by atomic mass is 16.3. The van der Waals surface area contributed by atoms with E-state index in [4.69, 9.17) is 5.73 Å². The number of hydrogen-bond acceptors (Lipinski definition) is 3. The molecule has 1 aromatic carbocycles. The summed E-state index contributed by atoms with van der Waals surface area (Å²) in [4.78, 5) is 0. The molecule has 1 aromatic rings. The van der Waals surface area contributed by atoms with Gasteiger partial charge in [0.05, 0.1) is 5.60 Å². The molecule has 14 heavy (non-hydrogen) atoms. The first kappa shape index (κ1) is 11.0. The Morgan fingerprint density at radius 2 is 1.86 bits per heavy atom. The third-order valence-electron chi connectivity index (χ3n) is 2.06. The van der Waals surface area contributed by atoms with Crippen molar-refractivity contribution in [2.75, 3.05) is 18.4 Å². The van der Waals surface area contributed by atoms with E-state index >= 15 is 0 Å². The first-order chi connectivity index (χ1) is 6.54. The Labute approximate surface area is 84.9 Å².